The van der Waals surface area contributed by atoms with E-state index in [1.165, 1.54) is 7.11 Å². The van der Waals surface area contributed by atoms with Gasteiger partial charge in [0.05, 0.1) is 12.7 Å². The molecule has 0 fully saturated rings. The van der Waals surface area contributed by atoms with Crippen molar-refractivity contribution in [1.29, 1.82) is 0 Å². The molecule has 1 N–H and O–H groups in total. The zero-order chi connectivity index (χ0) is 15.7. The number of ether oxygens (including phenoxy) is 1. The van der Waals surface area contributed by atoms with E-state index in [9.17, 15) is 13.9 Å². The summed E-state index contributed by atoms with van der Waals surface area (Å²) in [5.74, 6) is -1.19. The second-order valence-corrected chi connectivity index (χ2v) is 5.73. The van der Waals surface area contributed by atoms with Crippen molar-refractivity contribution in [3.05, 3.63) is 62.6 Å². The lowest BCUT2D eigenvalue weighted by Gasteiger charge is -2.19. The predicted molar refractivity (Wildman–Crippen MR) is 80.6 cm³/mol. The van der Waals surface area contributed by atoms with Gasteiger partial charge in [-0.15, -0.1) is 0 Å². The Morgan fingerprint density at radius 2 is 1.71 bits per heavy atom. The van der Waals surface area contributed by atoms with Gasteiger partial charge < -0.3 is 9.84 Å². The molecule has 1 atom stereocenters. The summed E-state index contributed by atoms with van der Waals surface area (Å²) in [5, 5.41) is 10.4. The number of rotatable bonds is 3. The fourth-order valence-corrected chi connectivity index (χ4v) is 2.67. The fourth-order valence-electron chi connectivity index (χ4n) is 2.27. The molecule has 5 heteroatoms. The average molecular weight is 357 g/mol. The molecule has 0 aliphatic carbocycles. The second-order valence-electron chi connectivity index (χ2n) is 4.82. The van der Waals surface area contributed by atoms with Crippen LogP contribution in [0.5, 0.6) is 5.75 Å². The Morgan fingerprint density at radius 3 is 2.24 bits per heavy atom. The molecule has 2 aromatic carbocycles. The van der Waals surface area contributed by atoms with Crippen LogP contribution in [0.4, 0.5) is 8.78 Å². The SMILES string of the molecule is COc1c(C(O)c2c(F)cc(Br)cc2F)ccc(C)c1C. The lowest BCUT2D eigenvalue weighted by atomic mass is 9.95. The van der Waals surface area contributed by atoms with Gasteiger partial charge in [-0.2, -0.15) is 0 Å². The van der Waals surface area contributed by atoms with Crippen LogP contribution in [-0.2, 0) is 0 Å². The zero-order valence-corrected chi connectivity index (χ0v) is 13.5. The summed E-state index contributed by atoms with van der Waals surface area (Å²) in [7, 11) is 1.46. The van der Waals surface area contributed by atoms with E-state index in [-0.39, 0.29) is 10.0 Å². The van der Waals surface area contributed by atoms with Gasteiger partial charge in [-0.05, 0) is 37.1 Å². The molecule has 2 nitrogen and oxygen atoms in total. The van der Waals surface area contributed by atoms with Crippen molar-refractivity contribution >= 4 is 15.9 Å². The number of aliphatic hydroxyl groups excluding tert-OH is 1. The summed E-state index contributed by atoms with van der Waals surface area (Å²) in [5.41, 5.74) is 1.74. The number of hydrogen-bond donors (Lipinski definition) is 1. The summed E-state index contributed by atoms with van der Waals surface area (Å²) < 4.78 is 33.6. The highest BCUT2D eigenvalue weighted by atomic mass is 79.9. The van der Waals surface area contributed by atoms with E-state index < -0.39 is 17.7 Å². The van der Waals surface area contributed by atoms with E-state index in [4.69, 9.17) is 4.74 Å². The molecule has 0 saturated carbocycles. The van der Waals surface area contributed by atoms with Gasteiger partial charge >= 0.3 is 0 Å². The number of aliphatic hydroxyl groups is 1. The minimum atomic E-state index is -1.44. The van der Waals surface area contributed by atoms with Crippen molar-refractivity contribution in [3.8, 4) is 5.75 Å². The van der Waals surface area contributed by atoms with Gasteiger partial charge in [0.15, 0.2) is 0 Å². The summed E-state index contributed by atoms with van der Waals surface area (Å²) in [4.78, 5) is 0. The van der Waals surface area contributed by atoms with E-state index in [1.807, 2.05) is 13.8 Å². The zero-order valence-electron chi connectivity index (χ0n) is 11.9. The van der Waals surface area contributed by atoms with Crippen LogP contribution in [0.3, 0.4) is 0 Å². The number of aryl methyl sites for hydroxylation is 1. The van der Waals surface area contributed by atoms with Gasteiger partial charge in [-0.1, -0.05) is 28.1 Å². The van der Waals surface area contributed by atoms with Gasteiger partial charge in [-0.25, -0.2) is 8.78 Å². The Kier molecular flexibility index (Phi) is 4.64. The molecule has 0 saturated heterocycles. The topological polar surface area (TPSA) is 29.5 Å². The first-order valence-corrected chi connectivity index (χ1v) is 7.12. The van der Waals surface area contributed by atoms with E-state index in [2.05, 4.69) is 15.9 Å². The summed E-state index contributed by atoms with van der Waals surface area (Å²) in [6.07, 6.45) is -1.44. The first-order chi connectivity index (χ1) is 9.86. The Balaban J connectivity index is 2.61. The second kappa shape index (κ2) is 6.12. The van der Waals surface area contributed by atoms with Crippen LogP contribution in [-0.4, -0.2) is 12.2 Å². The fraction of sp³-hybridized carbons (Fsp3) is 0.250. The van der Waals surface area contributed by atoms with Crippen molar-refractivity contribution in [1.82, 2.24) is 0 Å². The molecule has 0 radical (unpaired) electrons. The van der Waals surface area contributed by atoms with Crippen molar-refractivity contribution < 1.29 is 18.6 Å². The minimum absolute atomic E-state index is 0.278. The summed E-state index contributed by atoms with van der Waals surface area (Å²) in [6, 6.07) is 5.64. The van der Waals surface area contributed by atoms with E-state index in [0.29, 0.717) is 11.3 Å². The molecule has 0 aliphatic heterocycles. The minimum Gasteiger partial charge on any atom is -0.496 e. The number of methoxy groups -OCH3 is 1. The van der Waals surface area contributed by atoms with Crippen molar-refractivity contribution in [2.45, 2.75) is 20.0 Å². The van der Waals surface area contributed by atoms with E-state index in [0.717, 1.165) is 23.3 Å². The monoisotopic (exact) mass is 356 g/mol. The maximum Gasteiger partial charge on any atom is 0.133 e. The maximum absolute atomic E-state index is 14.0. The summed E-state index contributed by atoms with van der Waals surface area (Å²) in [6.45, 7) is 3.73. The molecule has 21 heavy (non-hydrogen) atoms. The van der Waals surface area contributed by atoms with Crippen molar-refractivity contribution in [3.63, 3.8) is 0 Å². The van der Waals surface area contributed by atoms with Crippen LogP contribution in [0.1, 0.15) is 28.4 Å². The van der Waals surface area contributed by atoms with Crippen molar-refractivity contribution in [2.75, 3.05) is 7.11 Å². The van der Waals surface area contributed by atoms with Gasteiger partial charge in [0.1, 0.15) is 23.5 Å². The largest absolute Gasteiger partial charge is 0.496 e. The molecule has 0 bridgehead atoms. The molecule has 2 rings (SSSR count). The molecular weight excluding hydrogens is 342 g/mol. The first-order valence-electron chi connectivity index (χ1n) is 6.33. The normalized spacial score (nSPS) is 12.3. The average Bonchev–Trinajstić information content (AvgIpc) is 2.40. The summed E-state index contributed by atoms with van der Waals surface area (Å²) >= 11 is 3.02. The molecule has 1 unspecified atom stereocenters. The van der Waals surface area contributed by atoms with Gasteiger partial charge in [0, 0.05) is 10.0 Å². The van der Waals surface area contributed by atoms with E-state index in [1.54, 1.807) is 12.1 Å². The highest BCUT2D eigenvalue weighted by Gasteiger charge is 2.24. The number of halogens is 3. The molecular formula is C16H15BrF2O2. The third-order valence-electron chi connectivity index (χ3n) is 3.52. The van der Waals surface area contributed by atoms with Crippen molar-refractivity contribution in [2.24, 2.45) is 0 Å². The lowest BCUT2D eigenvalue weighted by molar-refractivity contribution is 0.203. The lowest BCUT2D eigenvalue weighted by Crippen LogP contribution is -2.09. The highest BCUT2D eigenvalue weighted by molar-refractivity contribution is 9.10. The molecule has 0 amide bonds. The van der Waals surface area contributed by atoms with Crippen LogP contribution in [0.25, 0.3) is 0 Å². The van der Waals surface area contributed by atoms with Crippen LogP contribution >= 0.6 is 15.9 Å². The first kappa shape index (κ1) is 15.9. The molecule has 0 aromatic heterocycles. The smallest absolute Gasteiger partial charge is 0.133 e. The molecule has 0 spiro atoms. The molecule has 2 aromatic rings. The Labute approximate surface area is 130 Å². The van der Waals surface area contributed by atoms with Crippen LogP contribution in [0.15, 0.2) is 28.7 Å². The number of benzene rings is 2. The molecule has 0 heterocycles. The van der Waals surface area contributed by atoms with Gasteiger partial charge in [-0.3, -0.25) is 0 Å². The number of hydrogen-bond acceptors (Lipinski definition) is 2. The molecule has 112 valence electrons. The third-order valence-corrected chi connectivity index (χ3v) is 3.98. The highest BCUT2D eigenvalue weighted by Crippen LogP contribution is 2.36. The Hall–Kier alpha value is -1.46. The van der Waals surface area contributed by atoms with Gasteiger partial charge in [0.2, 0.25) is 0 Å². The Bertz CT molecular complexity index is 663. The predicted octanol–water partition coefficient (Wildman–Crippen LogP) is 4.43. The third kappa shape index (κ3) is 2.94. The van der Waals surface area contributed by atoms with Crippen LogP contribution < -0.4 is 4.74 Å². The van der Waals surface area contributed by atoms with Gasteiger partial charge in [0.25, 0.3) is 0 Å². The maximum atomic E-state index is 14.0. The standard InChI is InChI=1S/C16H15BrF2O2/c1-8-4-5-11(16(21-3)9(8)2)15(20)14-12(18)6-10(17)7-13(14)19/h4-7,15,20H,1-3H3. The molecule has 0 aliphatic rings. The van der Waals surface area contributed by atoms with E-state index >= 15 is 0 Å². The van der Waals surface area contributed by atoms with Crippen LogP contribution in [0.2, 0.25) is 0 Å². The Morgan fingerprint density at radius 1 is 1.14 bits per heavy atom. The van der Waals surface area contributed by atoms with Crippen LogP contribution in [0, 0.1) is 25.5 Å². The quantitative estimate of drug-likeness (QED) is 0.881.